The molecule has 0 radical (unpaired) electrons. The van der Waals surface area contributed by atoms with Gasteiger partial charge in [-0.1, -0.05) is 11.6 Å². The Hall–Kier alpha value is -2.35. The maximum Gasteiger partial charge on any atom is 0.332 e. The first-order chi connectivity index (χ1) is 13.4. The average molecular weight is 387 g/mol. The van der Waals surface area contributed by atoms with Gasteiger partial charge in [-0.15, -0.1) is 0 Å². The zero-order chi connectivity index (χ0) is 20.0. The van der Waals surface area contributed by atoms with Gasteiger partial charge in [-0.25, -0.2) is 4.79 Å². The monoisotopic (exact) mass is 386 g/mol. The number of nitrogens with two attached hydrogens (primary N) is 1. The molecule has 2 N–H and O–H groups in total. The Morgan fingerprint density at radius 2 is 1.96 bits per heavy atom. The molecular weight excluding hydrogens is 356 g/mol. The fourth-order valence-corrected chi connectivity index (χ4v) is 3.95. The number of imidazole rings is 1. The van der Waals surface area contributed by atoms with E-state index in [2.05, 4.69) is 11.0 Å². The van der Waals surface area contributed by atoms with Crippen LogP contribution >= 0.6 is 0 Å². The second-order valence-corrected chi connectivity index (χ2v) is 8.53. The Bertz CT molecular complexity index is 1040. The van der Waals surface area contributed by atoms with Crippen LogP contribution in [0.2, 0.25) is 0 Å². The molecular formula is C20H30N6O2. The van der Waals surface area contributed by atoms with Gasteiger partial charge in [0.25, 0.3) is 5.56 Å². The van der Waals surface area contributed by atoms with Gasteiger partial charge in [0.05, 0.1) is 0 Å². The molecule has 1 saturated carbocycles. The molecule has 2 aromatic rings. The summed E-state index contributed by atoms with van der Waals surface area (Å²) in [5.74, 6) is 1.25. The number of nitrogens with zero attached hydrogens (tertiary/aromatic N) is 5. The molecule has 2 fully saturated rings. The molecule has 152 valence electrons. The molecule has 0 aromatic carbocycles. The summed E-state index contributed by atoms with van der Waals surface area (Å²) in [5.41, 5.74) is 7.83. The van der Waals surface area contributed by atoms with E-state index in [4.69, 9.17) is 10.7 Å². The molecule has 8 heteroatoms. The zero-order valence-corrected chi connectivity index (χ0v) is 17.0. The molecule has 1 unspecified atom stereocenters. The van der Waals surface area contributed by atoms with E-state index >= 15 is 0 Å². The van der Waals surface area contributed by atoms with Crippen LogP contribution in [-0.2, 0) is 20.1 Å². The minimum Gasteiger partial charge on any atom is -0.341 e. The van der Waals surface area contributed by atoms with Crippen LogP contribution in [0, 0.1) is 5.92 Å². The van der Waals surface area contributed by atoms with Crippen molar-refractivity contribution in [3.8, 4) is 0 Å². The lowest BCUT2D eigenvalue weighted by molar-refractivity contribution is 0.495. The predicted molar refractivity (Wildman–Crippen MR) is 111 cm³/mol. The number of aromatic nitrogens is 4. The van der Waals surface area contributed by atoms with Crippen LogP contribution in [0.15, 0.2) is 21.2 Å². The highest BCUT2D eigenvalue weighted by atomic mass is 16.2. The lowest BCUT2D eigenvalue weighted by atomic mass is 10.1. The van der Waals surface area contributed by atoms with Gasteiger partial charge in [-0.2, -0.15) is 4.98 Å². The molecule has 1 aliphatic carbocycles. The molecule has 28 heavy (non-hydrogen) atoms. The highest BCUT2D eigenvalue weighted by Gasteiger charge is 2.28. The van der Waals surface area contributed by atoms with Gasteiger partial charge >= 0.3 is 5.69 Å². The van der Waals surface area contributed by atoms with Gasteiger partial charge in [-0.05, 0) is 45.4 Å². The minimum atomic E-state index is -0.283. The number of hydrogen-bond donors (Lipinski definition) is 1. The predicted octanol–water partition coefficient (Wildman–Crippen LogP) is 1.20. The smallest absolute Gasteiger partial charge is 0.332 e. The lowest BCUT2D eigenvalue weighted by Crippen LogP contribution is -2.44. The van der Waals surface area contributed by atoms with Crippen LogP contribution in [0.3, 0.4) is 0 Å². The molecule has 2 aliphatic rings. The minimum absolute atomic E-state index is 0.0990. The summed E-state index contributed by atoms with van der Waals surface area (Å²) in [7, 11) is 1.56. The van der Waals surface area contributed by atoms with E-state index in [1.165, 1.54) is 10.1 Å². The molecule has 0 amide bonds. The summed E-state index contributed by atoms with van der Waals surface area (Å²) in [6.45, 7) is 6.83. The highest BCUT2D eigenvalue weighted by Crippen LogP contribution is 2.31. The number of hydrogen-bond acceptors (Lipinski definition) is 5. The maximum absolute atomic E-state index is 13.1. The van der Waals surface area contributed by atoms with Crippen LogP contribution in [0.25, 0.3) is 11.2 Å². The maximum atomic E-state index is 13.1. The topological polar surface area (TPSA) is 91.1 Å². The third-order valence-electron chi connectivity index (χ3n) is 5.77. The Morgan fingerprint density at radius 3 is 2.61 bits per heavy atom. The Labute approximate surface area is 164 Å². The Balaban J connectivity index is 1.95. The van der Waals surface area contributed by atoms with Crippen molar-refractivity contribution in [2.75, 3.05) is 18.0 Å². The Kier molecular flexibility index (Phi) is 4.91. The normalized spacial score (nSPS) is 20.0. The highest BCUT2D eigenvalue weighted by molar-refractivity contribution is 5.75. The van der Waals surface area contributed by atoms with Crippen LogP contribution < -0.4 is 21.9 Å². The van der Waals surface area contributed by atoms with Crippen molar-refractivity contribution >= 4 is 17.1 Å². The number of anilines is 1. The van der Waals surface area contributed by atoms with Crippen molar-refractivity contribution < 1.29 is 0 Å². The number of piperidine rings is 1. The van der Waals surface area contributed by atoms with E-state index in [9.17, 15) is 9.59 Å². The third-order valence-corrected chi connectivity index (χ3v) is 5.77. The van der Waals surface area contributed by atoms with Crippen LogP contribution in [0.5, 0.6) is 0 Å². The van der Waals surface area contributed by atoms with Crippen molar-refractivity contribution in [2.45, 2.75) is 58.7 Å². The SMILES string of the molecule is CC(C)=CCn1c(N2CCCC(N)C2)nc2c1c(=O)n(C)c(=O)n2CC1CC1. The number of fused-ring (bicyclic) bond motifs is 1. The summed E-state index contributed by atoms with van der Waals surface area (Å²) in [6.07, 6.45) is 6.34. The van der Waals surface area contributed by atoms with Gasteiger partial charge < -0.3 is 15.2 Å². The quantitative estimate of drug-likeness (QED) is 0.780. The van der Waals surface area contributed by atoms with Crippen molar-refractivity contribution in [1.82, 2.24) is 18.7 Å². The van der Waals surface area contributed by atoms with E-state index < -0.39 is 0 Å². The first-order valence-corrected chi connectivity index (χ1v) is 10.2. The molecule has 1 atom stereocenters. The number of allylic oxidation sites excluding steroid dienone is 2. The zero-order valence-electron chi connectivity index (χ0n) is 17.0. The van der Waals surface area contributed by atoms with Crippen molar-refractivity contribution in [1.29, 1.82) is 0 Å². The van der Waals surface area contributed by atoms with Gasteiger partial charge in [0, 0.05) is 39.3 Å². The first-order valence-electron chi connectivity index (χ1n) is 10.2. The van der Waals surface area contributed by atoms with Gasteiger partial charge in [0.15, 0.2) is 11.2 Å². The largest absolute Gasteiger partial charge is 0.341 e. The van der Waals surface area contributed by atoms with Crippen LogP contribution in [0.1, 0.15) is 39.5 Å². The summed E-state index contributed by atoms with van der Waals surface area (Å²) >= 11 is 0. The van der Waals surface area contributed by atoms with E-state index in [-0.39, 0.29) is 17.3 Å². The second kappa shape index (κ2) is 7.24. The average Bonchev–Trinajstić information content (AvgIpc) is 3.40. The third kappa shape index (κ3) is 3.41. The second-order valence-electron chi connectivity index (χ2n) is 8.53. The van der Waals surface area contributed by atoms with Crippen LogP contribution in [0.4, 0.5) is 5.95 Å². The summed E-state index contributed by atoms with van der Waals surface area (Å²) < 4.78 is 4.88. The number of rotatable bonds is 5. The molecule has 0 spiro atoms. The molecule has 3 heterocycles. The lowest BCUT2D eigenvalue weighted by Gasteiger charge is -2.31. The van der Waals surface area contributed by atoms with E-state index in [1.807, 2.05) is 18.4 Å². The molecule has 0 bridgehead atoms. The summed E-state index contributed by atoms with van der Waals surface area (Å²) in [4.78, 5) is 32.9. The molecule has 4 rings (SSSR count). The fourth-order valence-electron chi connectivity index (χ4n) is 3.95. The molecule has 2 aromatic heterocycles. The van der Waals surface area contributed by atoms with Gasteiger partial charge in [0.1, 0.15) is 0 Å². The molecule has 8 nitrogen and oxygen atoms in total. The van der Waals surface area contributed by atoms with E-state index in [0.29, 0.717) is 36.7 Å². The van der Waals surface area contributed by atoms with Crippen molar-refractivity contribution in [3.05, 3.63) is 32.5 Å². The summed E-state index contributed by atoms with van der Waals surface area (Å²) in [6, 6.07) is 0.0990. The van der Waals surface area contributed by atoms with Gasteiger partial charge in [-0.3, -0.25) is 13.9 Å². The summed E-state index contributed by atoms with van der Waals surface area (Å²) in [5, 5.41) is 0. The van der Waals surface area contributed by atoms with E-state index in [0.717, 1.165) is 38.2 Å². The van der Waals surface area contributed by atoms with Crippen LogP contribution in [-0.4, -0.2) is 37.8 Å². The molecule has 1 aliphatic heterocycles. The first kappa shape index (κ1) is 19.0. The molecule has 1 saturated heterocycles. The fraction of sp³-hybridized carbons (Fsp3) is 0.650. The Morgan fingerprint density at radius 1 is 1.21 bits per heavy atom. The van der Waals surface area contributed by atoms with Crippen molar-refractivity contribution in [2.24, 2.45) is 18.7 Å². The standard InChI is InChI=1S/C20H30N6O2/c1-13(2)8-10-25-16-17(22-19(25)24-9-4-5-15(21)12-24)26(11-14-6-7-14)20(28)23(3)18(16)27/h8,14-15H,4-7,9-12,21H2,1-3H3. The van der Waals surface area contributed by atoms with E-state index in [1.54, 1.807) is 11.6 Å². The van der Waals surface area contributed by atoms with Crippen molar-refractivity contribution in [3.63, 3.8) is 0 Å². The van der Waals surface area contributed by atoms with Gasteiger partial charge in [0.2, 0.25) is 5.95 Å².